The molecule has 0 aliphatic carbocycles. The minimum atomic E-state index is -0.564. The molecule has 1 atom stereocenters. The van der Waals surface area contributed by atoms with Crippen LogP contribution in [0.1, 0.15) is 31.7 Å². The summed E-state index contributed by atoms with van der Waals surface area (Å²) in [5.41, 5.74) is 1.16. The van der Waals surface area contributed by atoms with Crippen LogP contribution in [0, 0.1) is 18.7 Å². The van der Waals surface area contributed by atoms with Gasteiger partial charge in [-0.05, 0) is 36.6 Å². The number of aliphatic hydroxyl groups excluding tert-OH is 1. The molecule has 1 heterocycles. The first-order valence-electron chi connectivity index (χ1n) is 7.90. The van der Waals surface area contributed by atoms with Gasteiger partial charge in [-0.25, -0.2) is 4.39 Å². The van der Waals surface area contributed by atoms with E-state index in [0.29, 0.717) is 29.3 Å². The smallest absolute Gasteiger partial charge is 0.227 e. The third-order valence-corrected chi connectivity index (χ3v) is 3.73. The van der Waals surface area contributed by atoms with Crippen molar-refractivity contribution in [3.05, 3.63) is 35.5 Å². The summed E-state index contributed by atoms with van der Waals surface area (Å²) in [7, 11) is 0. The fraction of sp³-hybridized carbons (Fsp3) is 0.471. The average molecular weight is 335 g/mol. The van der Waals surface area contributed by atoms with E-state index in [1.165, 1.54) is 6.07 Å². The highest BCUT2D eigenvalue weighted by atomic mass is 19.1. The van der Waals surface area contributed by atoms with Crippen molar-refractivity contribution >= 4 is 5.91 Å². The van der Waals surface area contributed by atoms with Gasteiger partial charge >= 0.3 is 0 Å². The molecular formula is C17H22FN3O3. The van der Waals surface area contributed by atoms with E-state index in [2.05, 4.69) is 15.5 Å². The lowest BCUT2D eigenvalue weighted by Crippen LogP contribution is -2.34. The lowest BCUT2D eigenvalue weighted by atomic mass is 10.1. The Labute approximate surface area is 140 Å². The van der Waals surface area contributed by atoms with Gasteiger partial charge in [-0.1, -0.05) is 19.0 Å². The summed E-state index contributed by atoms with van der Waals surface area (Å²) in [4.78, 5) is 16.0. The van der Waals surface area contributed by atoms with E-state index in [1.807, 2.05) is 13.8 Å². The molecule has 24 heavy (non-hydrogen) atoms. The van der Waals surface area contributed by atoms with E-state index in [-0.39, 0.29) is 30.6 Å². The van der Waals surface area contributed by atoms with Crippen molar-refractivity contribution in [2.75, 3.05) is 6.54 Å². The van der Waals surface area contributed by atoms with E-state index in [1.54, 1.807) is 19.1 Å². The third-order valence-electron chi connectivity index (χ3n) is 3.73. The van der Waals surface area contributed by atoms with Gasteiger partial charge in [-0.3, -0.25) is 4.79 Å². The molecule has 0 aliphatic rings. The van der Waals surface area contributed by atoms with Crippen LogP contribution >= 0.6 is 0 Å². The summed E-state index contributed by atoms with van der Waals surface area (Å²) < 4.78 is 18.4. The Hall–Kier alpha value is -2.28. The Morgan fingerprint density at radius 1 is 1.42 bits per heavy atom. The molecule has 0 saturated carbocycles. The zero-order valence-electron chi connectivity index (χ0n) is 14.0. The monoisotopic (exact) mass is 335 g/mol. The molecule has 1 unspecified atom stereocenters. The third kappa shape index (κ3) is 4.86. The van der Waals surface area contributed by atoms with E-state index < -0.39 is 6.10 Å². The summed E-state index contributed by atoms with van der Waals surface area (Å²) >= 11 is 0. The van der Waals surface area contributed by atoms with Crippen molar-refractivity contribution in [3.8, 4) is 11.4 Å². The SMILES string of the molecule is Cc1cc(-c2noc(CCC(=O)NCC(O)C(C)C)n2)ccc1F. The number of carbonyl (C=O) groups is 1. The van der Waals surface area contributed by atoms with Crippen LogP contribution in [0.5, 0.6) is 0 Å². The standard InChI is InChI=1S/C17H22FN3O3/c1-10(2)14(22)9-19-15(23)6-7-16-20-17(21-24-16)12-4-5-13(18)11(3)8-12/h4-5,8,10,14,22H,6-7,9H2,1-3H3,(H,19,23). The molecule has 130 valence electrons. The fourth-order valence-electron chi connectivity index (χ4n) is 2.02. The van der Waals surface area contributed by atoms with Crippen molar-refractivity contribution < 1.29 is 18.8 Å². The first kappa shape index (κ1) is 18.1. The molecule has 2 N–H and O–H groups in total. The molecule has 0 radical (unpaired) electrons. The van der Waals surface area contributed by atoms with Crippen LogP contribution in [-0.4, -0.2) is 33.8 Å². The zero-order chi connectivity index (χ0) is 17.7. The Bertz CT molecular complexity index is 700. The first-order valence-corrected chi connectivity index (χ1v) is 7.90. The van der Waals surface area contributed by atoms with E-state index in [9.17, 15) is 14.3 Å². The number of aryl methyl sites for hydroxylation is 2. The van der Waals surface area contributed by atoms with Crippen LogP contribution in [-0.2, 0) is 11.2 Å². The number of hydrogen-bond donors (Lipinski definition) is 2. The quantitative estimate of drug-likeness (QED) is 0.810. The van der Waals surface area contributed by atoms with E-state index >= 15 is 0 Å². The minimum Gasteiger partial charge on any atom is -0.391 e. The van der Waals surface area contributed by atoms with Crippen LogP contribution in [0.15, 0.2) is 22.7 Å². The van der Waals surface area contributed by atoms with Crippen LogP contribution in [0.25, 0.3) is 11.4 Å². The largest absolute Gasteiger partial charge is 0.391 e. The molecule has 1 aromatic carbocycles. The van der Waals surface area contributed by atoms with Crippen LogP contribution in [0.4, 0.5) is 4.39 Å². The Kier molecular flexibility index (Phi) is 6.03. The predicted molar refractivity (Wildman–Crippen MR) is 86.6 cm³/mol. The van der Waals surface area contributed by atoms with Gasteiger partial charge in [0.05, 0.1) is 6.10 Å². The van der Waals surface area contributed by atoms with Crippen molar-refractivity contribution in [3.63, 3.8) is 0 Å². The average Bonchev–Trinajstić information content (AvgIpc) is 3.02. The van der Waals surface area contributed by atoms with Gasteiger partial charge in [0, 0.05) is 24.9 Å². The van der Waals surface area contributed by atoms with Crippen molar-refractivity contribution in [2.24, 2.45) is 5.92 Å². The minimum absolute atomic E-state index is 0.0861. The number of aromatic nitrogens is 2. The van der Waals surface area contributed by atoms with Gasteiger partial charge in [-0.15, -0.1) is 0 Å². The maximum absolute atomic E-state index is 13.3. The second-order valence-corrected chi connectivity index (χ2v) is 6.09. The number of amides is 1. The number of carbonyl (C=O) groups excluding carboxylic acids is 1. The Morgan fingerprint density at radius 3 is 2.83 bits per heavy atom. The summed E-state index contributed by atoms with van der Waals surface area (Å²) in [6.07, 6.45) is -0.0724. The summed E-state index contributed by atoms with van der Waals surface area (Å²) in [6.45, 7) is 5.65. The maximum Gasteiger partial charge on any atom is 0.227 e. The number of nitrogens with one attached hydrogen (secondary N) is 1. The molecule has 1 aromatic heterocycles. The molecule has 2 aromatic rings. The normalized spacial score (nSPS) is 12.4. The predicted octanol–water partition coefficient (Wildman–Crippen LogP) is 2.25. The van der Waals surface area contributed by atoms with Gasteiger partial charge in [-0.2, -0.15) is 4.98 Å². The lowest BCUT2D eigenvalue weighted by Gasteiger charge is -2.14. The number of benzene rings is 1. The summed E-state index contributed by atoms with van der Waals surface area (Å²) in [5.74, 6) is 0.313. The highest BCUT2D eigenvalue weighted by Gasteiger charge is 2.13. The van der Waals surface area contributed by atoms with Crippen LogP contribution in [0.3, 0.4) is 0 Å². The summed E-state index contributed by atoms with van der Waals surface area (Å²) in [5, 5.41) is 16.2. The molecule has 0 bridgehead atoms. The highest BCUT2D eigenvalue weighted by Crippen LogP contribution is 2.19. The van der Waals surface area contributed by atoms with Crippen LogP contribution in [0.2, 0.25) is 0 Å². The van der Waals surface area contributed by atoms with Crippen molar-refractivity contribution in [2.45, 2.75) is 39.7 Å². The fourth-order valence-corrected chi connectivity index (χ4v) is 2.02. The van der Waals surface area contributed by atoms with Gasteiger partial charge in [0.25, 0.3) is 0 Å². The lowest BCUT2D eigenvalue weighted by molar-refractivity contribution is -0.121. The first-order chi connectivity index (χ1) is 11.4. The number of halogens is 1. The van der Waals surface area contributed by atoms with Gasteiger partial charge < -0.3 is 14.9 Å². The van der Waals surface area contributed by atoms with Crippen molar-refractivity contribution in [1.29, 1.82) is 0 Å². The molecular weight excluding hydrogens is 313 g/mol. The second-order valence-electron chi connectivity index (χ2n) is 6.09. The number of aliphatic hydroxyl groups is 1. The molecule has 6 nitrogen and oxygen atoms in total. The molecule has 1 amide bonds. The van der Waals surface area contributed by atoms with Crippen LogP contribution < -0.4 is 5.32 Å². The van der Waals surface area contributed by atoms with Gasteiger partial charge in [0.1, 0.15) is 5.82 Å². The molecule has 0 aliphatic heterocycles. The molecule has 0 saturated heterocycles. The molecule has 7 heteroatoms. The zero-order valence-corrected chi connectivity index (χ0v) is 14.0. The number of rotatable bonds is 7. The van der Waals surface area contributed by atoms with Gasteiger partial charge in [0.15, 0.2) is 0 Å². The highest BCUT2D eigenvalue weighted by molar-refractivity contribution is 5.76. The number of nitrogens with zero attached hydrogens (tertiary/aromatic N) is 2. The second kappa shape index (κ2) is 8.01. The molecule has 0 spiro atoms. The number of hydrogen-bond acceptors (Lipinski definition) is 5. The summed E-state index contributed by atoms with van der Waals surface area (Å²) in [6, 6.07) is 4.58. The Morgan fingerprint density at radius 2 is 2.17 bits per heavy atom. The van der Waals surface area contributed by atoms with E-state index in [4.69, 9.17) is 4.52 Å². The maximum atomic E-state index is 13.3. The van der Waals surface area contributed by atoms with E-state index in [0.717, 1.165) is 0 Å². The molecule has 0 fully saturated rings. The van der Waals surface area contributed by atoms with Gasteiger partial charge in [0.2, 0.25) is 17.6 Å². The van der Waals surface area contributed by atoms with Crippen molar-refractivity contribution in [1.82, 2.24) is 15.5 Å². The topological polar surface area (TPSA) is 88.2 Å². The molecule has 2 rings (SSSR count). The Balaban J connectivity index is 1.87.